The van der Waals surface area contributed by atoms with Crippen molar-refractivity contribution in [1.82, 2.24) is 30.6 Å². The molecule has 2 aliphatic rings. The van der Waals surface area contributed by atoms with Crippen molar-refractivity contribution < 1.29 is 24.0 Å². The highest BCUT2D eigenvalue weighted by Crippen LogP contribution is 2.27. The van der Waals surface area contributed by atoms with Gasteiger partial charge in [-0.3, -0.25) is 39.5 Å². The Kier molecular flexibility index (Phi) is 11.4. The smallest absolute Gasteiger partial charge is 0.329 e. The number of nitrogens with one attached hydrogen (secondary N) is 4. The number of urea groups is 1. The first kappa shape index (κ1) is 29.9. The van der Waals surface area contributed by atoms with Crippen LogP contribution in [-0.2, 0) is 26.2 Å². The number of hydrogen-bond donors (Lipinski definition) is 4. The van der Waals surface area contributed by atoms with Crippen molar-refractivity contribution in [2.75, 3.05) is 31.6 Å². The van der Waals surface area contributed by atoms with E-state index in [0.717, 1.165) is 29.7 Å². The summed E-state index contributed by atoms with van der Waals surface area (Å²) in [5, 5.41) is 19.4. The molecule has 0 saturated carbocycles. The van der Waals surface area contributed by atoms with Crippen LogP contribution in [0.1, 0.15) is 39.5 Å². The number of fused-ring (bicyclic) bond motifs is 1. The van der Waals surface area contributed by atoms with Crippen LogP contribution < -0.4 is 20.9 Å². The monoisotopic (exact) mass is 528 g/mol. The number of aryl methyl sites for hydroxylation is 1. The number of anilines is 1. The zero-order chi connectivity index (χ0) is 28.2. The number of rotatable bonds is 7. The summed E-state index contributed by atoms with van der Waals surface area (Å²) in [5.41, 5.74) is 1.63. The fraction of sp³-hybridized carbons (Fsp3) is 0.480. The molecule has 0 aliphatic carbocycles. The predicted octanol–water partition coefficient (Wildman–Crippen LogP) is 0.925. The predicted molar refractivity (Wildman–Crippen MR) is 143 cm³/mol. The molecule has 3 heterocycles. The number of piperidine rings is 1. The maximum Gasteiger partial charge on any atom is 0.329 e. The molecule has 2 aromatic rings. The van der Waals surface area contributed by atoms with E-state index in [0.29, 0.717) is 18.5 Å². The Hall–Kier alpha value is -4.29. The molecule has 0 bridgehead atoms. The number of nitrogens with zero attached hydrogens (tertiary/aromatic N) is 4. The van der Waals surface area contributed by atoms with Crippen LogP contribution in [0.4, 0.5) is 10.5 Å². The van der Waals surface area contributed by atoms with E-state index in [2.05, 4.69) is 21.0 Å². The minimum atomic E-state index is -0.618. The van der Waals surface area contributed by atoms with E-state index in [1.165, 1.54) is 24.7 Å². The minimum absolute atomic E-state index is 0.0623. The second kappa shape index (κ2) is 14.4. The van der Waals surface area contributed by atoms with E-state index >= 15 is 0 Å². The molecule has 1 atom stereocenters. The van der Waals surface area contributed by atoms with Crippen molar-refractivity contribution in [2.24, 2.45) is 7.05 Å². The fourth-order valence-corrected chi connectivity index (χ4v) is 3.74. The van der Waals surface area contributed by atoms with Gasteiger partial charge in [0, 0.05) is 45.4 Å². The Labute approximate surface area is 221 Å². The van der Waals surface area contributed by atoms with Crippen LogP contribution in [0.15, 0.2) is 24.4 Å². The standard InChI is InChI=1S/C11H10N4O2.C8H14N2O3.C6H12N2/c1-14-8-3-2-4-9(7(8)5-12-14)15-6-10(16)13-11(15)17;1-3-8(13)9-4-7(6(2)12)10-5-11;1-8-5-3-2-4-6(8)7/h2-5H,6H2,1H3,(H,13,16,17);5,7H,3-4H2,1-2H3,(H,9,13)(H,10,11);7H,2-5H2,1H3. The van der Waals surface area contributed by atoms with Crippen molar-refractivity contribution in [2.45, 2.75) is 45.6 Å². The number of benzene rings is 1. The summed E-state index contributed by atoms with van der Waals surface area (Å²) in [5.74, 6) is 0.203. The lowest BCUT2D eigenvalue weighted by Gasteiger charge is -2.24. The number of carbonyl (C=O) groups excluding carboxylic acids is 5. The third kappa shape index (κ3) is 8.39. The number of ketones is 1. The molecule has 13 heteroatoms. The van der Waals surface area contributed by atoms with Crippen LogP contribution in [0.5, 0.6) is 0 Å². The normalized spacial score (nSPS) is 15.5. The van der Waals surface area contributed by atoms with Crippen LogP contribution in [0.3, 0.4) is 0 Å². The zero-order valence-corrected chi connectivity index (χ0v) is 22.2. The number of amidine groups is 1. The number of hydrogen-bond acceptors (Lipinski definition) is 7. The first-order valence-corrected chi connectivity index (χ1v) is 12.4. The topological polar surface area (TPSA) is 170 Å². The number of likely N-dealkylation sites (tertiary alicyclic amines) is 1. The van der Waals surface area contributed by atoms with Gasteiger partial charge in [0.25, 0.3) is 0 Å². The van der Waals surface area contributed by atoms with E-state index in [-0.39, 0.29) is 36.7 Å². The number of aromatic nitrogens is 2. The summed E-state index contributed by atoms with van der Waals surface area (Å²) < 4.78 is 1.73. The molecule has 1 unspecified atom stereocenters. The summed E-state index contributed by atoms with van der Waals surface area (Å²) in [6.45, 7) is 4.37. The quantitative estimate of drug-likeness (QED) is 0.306. The highest BCUT2D eigenvalue weighted by atomic mass is 16.2. The first-order valence-electron chi connectivity index (χ1n) is 12.4. The van der Waals surface area contributed by atoms with E-state index in [9.17, 15) is 24.0 Å². The summed E-state index contributed by atoms with van der Waals surface area (Å²) >= 11 is 0. The third-order valence-electron chi connectivity index (χ3n) is 6.06. The maximum atomic E-state index is 11.6. The molecule has 4 N–H and O–H groups in total. The van der Waals surface area contributed by atoms with Crippen LogP contribution in [-0.4, -0.2) is 83.3 Å². The van der Waals surface area contributed by atoms with E-state index in [1.807, 2.05) is 37.2 Å². The second-order valence-corrected chi connectivity index (χ2v) is 8.85. The highest BCUT2D eigenvalue weighted by Gasteiger charge is 2.29. The van der Waals surface area contributed by atoms with Crippen molar-refractivity contribution in [1.29, 1.82) is 5.41 Å². The van der Waals surface area contributed by atoms with Crippen molar-refractivity contribution in [3.63, 3.8) is 0 Å². The first-order chi connectivity index (χ1) is 18.1. The molecule has 1 aromatic heterocycles. The molecule has 38 heavy (non-hydrogen) atoms. The largest absolute Gasteiger partial charge is 0.364 e. The van der Waals surface area contributed by atoms with Crippen LogP contribution >= 0.6 is 0 Å². The molecule has 0 spiro atoms. The van der Waals surface area contributed by atoms with Crippen molar-refractivity contribution in [3.05, 3.63) is 24.4 Å². The number of carbonyl (C=O) groups is 5. The Bertz CT molecular complexity index is 1180. The molecule has 1 aromatic carbocycles. The van der Waals surface area contributed by atoms with Crippen molar-refractivity contribution in [3.8, 4) is 0 Å². The molecule has 4 rings (SSSR count). The molecule has 13 nitrogen and oxygen atoms in total. The van der Waals surface area contributed by atoms with Gasteiger partial charge in [0.15, 0.2) is 5.78 Å². The maximum absolute atomic E-state index is 11.6. The fourth-order valence-electron chi connectivity index (χ4n) is 3.74. The Balaban J connectivity index is 0.000000215. The minimum Gasteiger partial charge on any atom is -0.364 e. The van der Waals surface area contributed by atoms with Gasteiger partial charge in [-0.25, -0.2) is 4.79 Å². The van der Waals surface area contributed by atoms with Gasteiger partial charge < -0.3 is 15.5 Å². The van der Waals surface area contributed by atoms with Gasteiger partial charge >= 0.3 is 6.03 Å². The van der Waals surface area contributed by atoms with Crippen LogP contribution in [0.2, 0.25) is 0 Å². The summed E-state index contributed by atoms with van der Waals surface area (Å²) in [4.78, 5) is 58.0. The number of amides is 5. The molecule has 206 valence electrons. The molecule has 2 saturated heterocycles. The highest BCUT2D eigenvalue weighted by molar-refractivity contribution is 6.15. The molecule has 5 amide bonds. The average Bonchev–Trinajstić information content (AvgIpc) is 3.44. The van der Waals surface area contributed by atoms with Gasteiger partial charge in [0.2, 0.25) is 18.2 Å². The van der Waals surface area contributed by atoms with E-state index in [4.69, 9.17) is 5.41 Å². The Morgan fingerprint density at radius 2 is 1.97 bits per heavy atom. The zero-order valence-electron chi connectivity index (χ0n) is 22.2. The lowest BCUT2D eigenvalue weighted by molar-refractivity contribution is -0.123. The average molecular weight is 529 g/mol. The Morgan fingerprint density at radius 3 is 2.50 bits per heavy atom. The summed E-state index contributed by atoms with van der Waals surface area (Å²) in [6, 6.07) is 4.57. The summed E-state index contributed by atoms with van der Waals surface area (Å²) in [6.07, 6.45) is 5.97. The van der Waals surface area contributed by atoms with Gasteiger partial charge in [-0.1, -0.05) is 13.0 Å². The second-order valence-electron chi connectivity index (χ2n) is 8.85. The molecule has 0 radical (unpaired) electrons. The molecular weight excluding hydrogens is 492 g/mol. The number of Topliss-reactive ketones (excluding diaryl/α,β-unsaturated/α-hetero) is 1. The van der Waals surface area contributed by atoms with Crippen LogP contribution in [0.25, 0.3) is 10.9 Å². The third-order valence-corrected chi connectivity index (χ3v) is 6.06. The SMILES string of the molecule is CCC(=O)NCC(NC=O)C(C)=O.CN1CCCCC1=N.Cn1ncc2c(N3CC(=O)NC3=O)cccc21. The van der Waals surface area contributed by atoms with Gasteiger partial charge in [0.1, 0.15) is 12.6 Å². The van der Waals surface area contributed by atoms with Gasteiger partial charge in [-0.15, -0.1) is 0 Å². The lowest BCUT2D eigenvalue weighted by atomic mass is 10.1. The van der Waals surface area contributed by atoms with Gasteiger partial charge in [-0.05, 0) is 31.9 Å². The summed E-state index contributed by atoms with van der Waals surface area (Å²) in [7, 11) is 3.82. The Morgan fingerprint density at radius 1 is 1.24 bits per heavy atom. The molecule has 2 aliphatic heterocycles. The van der Waals surface area contributed by atoms with Gasteiger partial charge in [-0.2, -0.15) is 5.10 Å². The molecule has 2 fully saturated rings. The number of imide groups is 1. The molecular formula is C25H36N8O5. The van der Waals surface area contributed by atoms with E-state index < -0.39 is 6.04 Å². The van der Waals surface area contributed by atoms with E-state index in [1.54, 1.807) is 17.8 Å². The van der Waals surface area contributed by atoms with Crippen LogP contribution in [0, 0.1) is 5.41 Å². The van der Waals surface area contributed by atoms with Gasteiger partial charge in [0.05, 0.1) is 23.2 Å². The lowest BCUT2D eigenvalue weighted by Crippen LogP contribution is -2.44. The van der Waals surface area contributed by atoms with Crippen molar-refractivity contribution >= 4 is 52.5 Å².